The zero-order valence-electron chi connectivity index (χ0n) is 17.1. The van der Waals surface area contributed by atoms with Crippen LogP contribution in [0.4, 0.5) is 0 Å². The van der Waals surface area contributed by atoms with E-state index in [0.29, 0.717) is 6.04 Å². The van der Waals surface area contributed by atoms with Crippen molar-refractivity contribution in [3.05, 3.63) is 83.8 Å². The molecule has 3 heterocycles. The average molecular weight is 391 g/mol. The van der Waals surface area contributed by atoms with E-state index in [0.717, 1.165) is 45.0 Å². The number of nitrogens with zero attached hydrogens (tertiary/aromatic N) is 4. The van der Waals surface area contributed by atoms with Crippen LogP contribution in [0.3, 0.4) is 0 Å². The van der Waals surface area contributed by atoms with E-state index in [-0.39, 0.29) is 6.61 Å². The van der Waals surface area contributed by atoms with E-state index in [1.807, 2.05) is 24.4 Å². The molecule has 1 N–H and O–H groups in total. The van der Waals surface area contributed by atoms with Gasteiger partial charge in [-0.2, -0.15) is 0 Å². The van der Waals surface area contributed by atoms with Crippen molar-refractivity contribution in [1.82, 2.24) is 19.4 Å². The van der Waals surface area contributed by atoms with Crippen molar-refractivity contribution in [1.29, 1.82) is 0 Å². The minimum Gasteiger partial charge on any atom is -0.396 e. The molecule has 1 atom stereocenters. The van der Waals surface area contributed by atoms with E-state index in [2.05, 4.69) is 68.9 Å². The second-order valence-corrected chi connectivity index (χ2v) is 7.91. The molecular formula is C24H30N4O. The summed E-state index contributed by atoms with van der Waals surface area (Å²) in [6.07, 6.45) is 4.72. The molecule has 4 rings (SSSR count). The number of aryl methyl sites for hydroxylation is 1. The normalized spacial score (nSPS) is 18.2. The third kappa shape index (κ3) is 4.93. The zero-order chi connectivity index (χ0) is 20.1. The number of piperazine rings is 1. The third-order valence-electron chi connectivity index (χ3n) is 5.77. The Morgan fingerprint density at radius 3 is 2.62 bits per heavy atom. The van der Waals surface area contributed by atoms with Crippen molar-refractivity contribution >= 4 is 0 Å². The number of aliphatic hydroxyl groups excluding tert-OH is 1. The molecule has 5 heteroatoms. The van der Waals surface area contributed by atoms with Crippen molar-refractivity contribution < 1.29 is 5.11 Å². The number of aliphatic hydroxyl groups is 1. The van der Waals surface area contributed by atoms with Gasteiger partial charge < -0.3 is 9.67 Å². The highest BCUT2D eigenvalue weighted by Gasteiger charge is 2.27. The smallest absolute Gasteiger partial charge is 0.136 e. The fourth-order valence-electron chi connectivity index (χ4n) is 4.15. The highest BCUT2D eigenvalue weighted by Crippen LogP contribution is 2.20. The summed E-state index contributed by atoms with van der Waals surface area (Å²) in [5, 5.41) is 9.62. The molecule has 0 radical (unpaired) electrons. The number of aromatic nitrogens is 2. The largest absolute Gasteiger partial charge is 0.396 e. The van der Waals surface area contributed by atoms with Crippen molar-refractivity contribution in [3.8, 4) is 5.82 Å². The summed E-state index contributed by atoms with van der Waals surface area (Å²) in [6, 6.07) is 19.4. The van der Waals surface area contributed by atoms with Crippen molar-refractivity contribution in [2.75, 3.05) is 26.2 Å². The predicted molar refractivity (Wildman–Crippen MR) is 116 cm³/mol. The summed E-state index contributed by atoms with van der Waals surface area (Å²) >= 11 is 0. The Morgan fingerprint density at radius 1 is 1.00 bits per heavy atom. The third-order valence-corrected chi connectivity index (χ3v) is 5.77. The molecule has 29 heavy (non-hydrogen) atoms. The Bertz CT molecular complexity index is 891. The van der Waals surface area contributed by atoms with Crippen LogP contribution in [-0.4, -0.2) is 56.7 Å². The Labute approximate surface area is 173 Å². The first-order valence-corrected chi connectivity index (χ1v) is 10.4. The van der Waals surface area contributed by atoms with Gasteiger partial charge in [0.05, 0.1) is 0 Å². The molecule has 0 spiro atoms. The molecule has 152 valence electrons. The lowest BCUT2D eigenvalue weighted by Gasteiger charge is -2.41. The van der Waals surface area contributed by atoms with Gasteiger partial charge in [0, 0.05) is 63.5 Å². The maximum atomic E-state index is 9.62. The number of hydrogen-bond donors (Lipinski definition) is 1. The van der Waals surface area contributed by atoms with Crippen LogP contribution in [0.15, 0.2) is 67.0 Å². The van der Waals surface area contributed by atoms with Crippen molar-refractivity contribution in [2.45, 2.75) is 32.5 Å². The van der Waals surface area contributed by atoms with Crippen LogP contribution in [0, 0.1) is 6.92 Å². The van der Waals surface area contributed by atoms with Crippen LogP contribution in [-0.2, 0) is 13.1 Å². The summed E-state index contributed by atoms with van der Waals surface area (Å²) < 4.78 is 2.17. The van der Waals surface area contributed by atoms with Crippen LogP contribution in [0.1, 0.15) is 23.2 Å². The first-order valence-electron chi connectivity index (χ1n) is 10.4. The molecule has 3 aromatic rings. The maximum Gasteiger partial charge on any atom is 0.136 e. The van der Waals surface area contributed by atoms with E-state index in [1.54, 1.807) is 0 Å². The maximum absolute atomic E-state index is 9.62. The lowest BCUT2D eigenvalue weighted by atomic mass is 10.1. The molecule has 1 aromatic carbocycles. The van der Waals surface area contributed by atoms with Crippen LogP contribution >= 0.6 is 0 Å². The van der Waals surface area contributed by atoms with Gasteiger partial charge in [-0.1, -0.05) is 35.9 Å². The Balaban J connectivity index is 1.42. The van der Waals surface area contributed by atoms with E-state index in [1.165, 1.54) is 16.8 Å². The lowest BCUT2D eigenvalue weighted by Crippen LogP contribution is -2.52. The van der Waals surface area contributed by atoms with Crippen molar-refractivity contribution in [2.24, 2.45) is 0 Å². The zero-order valence-corrected chi connectivity index (χ0v) is 17.1. The predicted octanol–water partition coefficient (Wildman–Crippen LogP) is 3.25. The van der Waals surface area contributed by atoms with Crippen LogP contribution < -0.4 is 0 Å². The molecule has 0 bridgehead atoms. The summed E-state index contributed by atoms with van der Waals surface area (Å²) in [4.78, 5) is 9.51. The monoisotopic (exact) mass is 390 g/mol. The first-order chi connectivity index (χ1) is 14.2. The van der Waals surface area contributed by atoms with Gasteiger partial charge in [-0.25, -0.2) is 4.98 Å². The molecule has 0 amide bonds. The second kappa shape index (κ2) is 9.35. The highest BCUT2D eigenvalue weighted by atomic mass is 16.3. The van der Waals surface area contributed by atoms with Gasteiger partial charge in [-0.05, 0) is 43.2 Å². The van der Waals surface area contributed by atoms with Gasteiger partial charge in [0.15, 0.2) is 0 Å². The Morgan fingerprint density at radius 2 is 1.86 bits per heavy atom. The number of rotatable bonds is 7. The van der Waals surface area contributed by atoms with Crippen LogP contribution in [0.25, 0.3) is 5.82 Å². The van der Waals surface area contributed by atoms with E-state index in [4.69, 9.17) is 0 Å². The number of pyridine rings is 1. The van der Waals surface area contributed by atoms with Gasteiger partial charge in [-0.3, -0.25) is 9.80 Å². The molecule has 1 saturated heterocycles. The summed E-state index contributed by atoms with van der Waals surface area (Å²) in [6.45, 7) is 7.21. The number of hydrogen-bond acceptors (Lipinski definition) is 4. The highest BCUT2D eigenvalue weighted by molar-refractivity contribution is 5.27. The number of benzene rings is 1. The Kier molecular flexibility index (Phi) is 6.39. The van der Waals surface area contributed by atoms with Crippen LogP contribution in [0.5, 0.6) is 0 Å². The van der Waals surface area contributed by atoms with E-state index < -0.39 is 0 Å². The van der Waals surface area contributed by atoms with Gasteiger partial charge >= 0.3 is 0 Å². The van der Waals surface area contributed by atoms with Crippen molar-refractivity contribution in [3.63, 3.8) is 0 Å². The molecule has 0 saturated carbocycles. The fraction of sp³-hybridized carbons (Fsp3) is 0.375. The SMILES string of the molecule is Cc1ccc(CN2CCN(Cc3cccn3-c3ccccn3)C[C@H]2CCO)cc1. The summed E-state index contributed by atoms with van der Waals surface area (Å²) in [5.74, 6) is 0.956. The molecule has 1 aliphatic rings. The quantitative estimate of drug-likeness (QED) is 0.673. The van der Waals surface area contributed by atoms with E-state index in [9.17, 15) is 5.11 Å². The fourth-order valence-corrected chi connectivity index (χ4v) is 4.15. The van der Waals surface area contributed by atoms with Gasteiger partial charge in [0.1, 0.15) is 5.82 Å². The Hall–Kier alpha value is -2.47. The van der Waals surface area contributed by atoms with Crippen LogP contribution in [0.2, 0.25) is 0 Å². The molecule has 0 aliphatic carbocycles. The molecule has 0 unspecified atom stereocenters. The summed E-state index contributed by atoms with van der Waals surface area (Å²) in [7, 11) is 0. The van der Waals surface area contributed by atoms with Gasteiger partial charge in [0.25, 0.3) is 0 Å². The first kappa shape index (κ1) is 19.8. The lowest BCUT2D eigenvalue weighted by molar-refractivity contribution is 0.0492. The van der Waals surface area contributed by atoms with E-state index >= 15 is 0 Å². The minimum atomic E-state index is 0.229. The second-order valence-electron chi connectivity index (χ2n) is 7.91. The summed E-state index contributed by atoms with van der Waals surface area (Å²) in [5.41, 5.74) is 3.89. The van der Waals surface area contributed by atoms with Gasteiger partial charge in [0.2, 0.25) is 0 Å². The molecule has 1 fully saturated rings. The van der Waals surface area contributed by atoms with Gasteiger partial charge in [-0.15, -0.1) is 0 Å². The minimum absolute atomic E-state index is 0.229. The topological polar surface area (TPSA) is 44.5 Å². The average Bonchev–Trinajstić information content (AvgIpc) is 3.20. The molecular weight excluding hydrogens is 360 g/mol. The standard InChI is InChI=1S/C24H30N4O/c1-20-7-9-21(10-8-20)17-27-15-14-26(18-22(27)11-16-29)19-23-5-4-13-28(23)24-6-2-3-12-25-24/h2-10,12-13,22,29H,11,14-19H2,1H3/t22-/m1/s1. The molecule has 1 aliphatic heterocycles. The molecule has 5 nitrogen and oxygen atoms in total. The molecule has 2 aromatic heterocycles.